The van der Waals surface area contributed by atoms with Gasteiger partial charge in [0.2, 0.25) is 5.91 Å². The van der Waals surface area contributed by atoms with Gasteiger partial charge < -0.3 is 20.3 Å². The Hall–Kier alpha value is -5.30. The standard InChI is InChI=1S/C36H36N6O3/c1-2-27-15-17-28(18-16-27)21-32(26-43)42-34(24-38-23-31-13-8-12-30-11-6-7-14-33(30)31)41(25-35(42)44)40(20-19-37)36(45)39-22-29-9-4-3-5-10-29/h2-18,26,32,34,38H,1,20-25H2,(H,39,45)/t32-,34+/m0/s1. The Morgan fingerprint density at radius 2 is 1.71 bits per heavy atom. The van der Waals surface area contributed by atoms with Gasteiger partial charge in [0.05, 0.1) is 18.7 Å². The number of rotatable bonds is 13. The Morgan fingerprint density at radius 1 is 0.978 bits per heavy atom. The Kier molecular flexibility index (Phi) is 10.3. The van der Waals surface area contributed by atoms with Crippen LogP contribution in [0.1, 0.15) is 22.3 Å². The van der Waals surface area contributed by atoms with Crippen molar-refractivity contribution in [3.63, 3.8) is 0 Å². The molecule has 228 valence electrons. The molecule has 0 aliphatic carbocycles. The largest absolute Gasteiger partial charge is 0.333 e. The molecule has 3 amide bonds. The van der Waals surface area contributed by atoms with Crippen molar-refractivity contribution in [3.8, 4) is 6.07 Å². The number of nitrogens with one attached hydrogen (secondary N) is 2. The Bertz CT molecular complexity index is 1680. The van der Waals surface area contributed by atoms with Crippen molar-refractivity contribution in [2.24, 2.45) is 0 Å². The fourth-order valence-corrected chi connectivity index (χ4v) is 5.73. The molecule has 1 aliphatic rings. The Morgan fingerprint density at radius 3 is 2.44 bits per heavy atom. The van der Waals surface area contributed by atoms with Gasteiger partial charge in [-0.05, 0) is 39.4 Å². The van der Waals surface area contributed by atoms with Gasteiger partial charge in [0.25, 0.3) is 0 Å². The first kappa shape index (κ1) is 31.1. The van der Waals surface area contributed by atoms with E-state index in [1.165, 1.54) is 5.01 Å². The fraction of sp³-hybridized carbons (Fsp3) is 0.222. The molecular weight excluding hydrogens is 564 g/mol. The van der Waals surface area contributed by atoms with E-state index < -0.39 is 18.2 Å². The number of hydrogen-bond donors (Lipinski definition) is 2. The molecule has 0 bridgehead atoms. The van der Waals surface area contributed by atoms with Gasteiger partial charge in [-0.1, -0.05) is 110 Å². The molecule has 1 fully saturated rings. The molecule has 0 saturated carbocycles. The van der Waals surface area contributed by atoms with Crippen molar-refractivity contribution in [2.75, 3.05) is 19.6 Å². The quantitative estimate of drug-likeness (QED) is 0.173. The topological polar surface area (TPSA) is 109 Å². The van der Waals surface area contributed by atoms with Crippen LogP contribution in [0, 0.1) is 11.3 Å². The minimum absolute atomic E-state index is 0.152. The maximum atomic E-state index is 13.6. The van der Waals surface area contributed by atoms with E-state index in [1.54, 1.807) is 16.0 Å². The zero-order valence-electron chi connectivity index (χ0n) is 25.0. The third-order valence-corrected chi connectivity index (χ3v) is 8.00. The molecule has 9 nitrogen and oxygen atoms in total. The zero-order chi connectivity index (χ0) is 31.6. The lowest BCUT2D eigenvalue weighted by Gasteiger charge is -2.38. The van der Waals surface area contributed by atoms with Gasteiger partial charge in [-0.15, -0.1) is 0 Å². The molecule has 0 unspecified atom stereocenters. The second kappa shape index (κ2) is 14.9. The number of carbonyl (C=O) groups excluding carboxylic acids is 3. The molecule has 4 aromatic rings. The third-order valence-electron chi connectivity index (χ3n) is 8.00. The highest BCUT2D eigenvalue weighted by molar-refractivity contribution is 5.86. The van der Waals surface area contributed by atoms with Gasteiger partial charge in [-0.2, -0.15) is 10.3 Å². The van der Waals surface area contributed by atoms with Crippen molar-refractivity contribution in [3.05, 3.63) is 126 Å². The van der Waals surface area contributed by atoms with Crippen LogP contribution in [0.3, 0.4) is 0 Å². The summed E-state index contributed by atoms with van der Waals surface area (Å²) in [7, 11) is 0. The number of benzene rings is 4. The fourth-order valence-electron chi connectivity index (χ4n) is 5.73. The number of amides is 3. The van der Waals surface area contributed by atoms with E-state index >= 15 is 0 Å². The molecule has 5 rings (SSSR count). The summed E-state index contributed by atoms with van der Waals surface area (Å²) in [5.74, 6) is -0.300. The summed E-state index contributed by atoms with van der Waals surface area (Å²) < 4.78 is 0. The van der Waals surface area contributed by atoms with Crippen LogP contribution in [-0.4, -0.2) is 65.0 Å². The minimum atomic E-state index is -0.780. The molecular formula is C36H36N6O3. The van der Waals surface area contributed by atoms with Gasteiger partial charge in [0.15, 0.2) is 0 Å². The highest BCUT2D eigenvalue weighted by Gasteiger charge is 2.45. The summed E-state index contributed by atoms with van der Waals surface area (Å²) in [6.45, 7) is 4.38. The number of aldehydes is 1. The maximum Gasteiger partial charge on any atom is 0.333 e. The first-order valence-electron chi connectivity index (χ1n) is 14.9. The molecule has 9 heteroatoms. The van der Waals surface area contributed by atoms with Gasteiger partial charge in [-0.25, -0.2) is 9.80 Å². The molecule has 0 spiro atoms. The minimum Gasteiger partial charge on any atom is -0.333 e. The molecule has 1 saturated heterocycles. The number of urea groups is 1. The molecule has 2 atom stereocenters. The summed E-state index contributed by atoms with van der Waals surface area (Å²) in [6.07, 6.45) is 2.13. The van der Waals surface area contributed by atoms with E-state index in [-0.39, 0.29) is 32.1 Å². The van der Waals surface area contributed by atoms with Crippen molar-refractivity contribution in [2.45, 2.75) is 31.7 Å². The van der Waals surface area contributed by atoms with Crippen LogP contribution in [-0.2, 0) is 29.1 Å². The van der Waals surface area contributed by atoms with Crippen LogP contribution >= 0.6 is 0 Å². The van der Waals surface area contributed by atoms with E-state index in [2.05, 4.69) is 41.5 Å². The van der Waals surface area contributed by atoms with E-state index in [0.717, 1.165) is 39.3 Å². The average molecular weight is 601 g/mol. The Balaban J connectivity index is 1.40. The first-order valence-corrected chi connectivity index (χ1v) is 14.9. The first-order chi connectivity index (χ1) is 22.0. The molecule has 45 heavy (non-hydrogen) atoms. The van der Waals surface area contributed by atoms with Crippen LogP contribution < -0.4 is 10.6 Å². The van der Waals surface area contributed by atoms with Crippen LogP contribution in [0.4, 0.5) is 4.79 Å². The van der Waals surface area contributed by atoms with E-state index in [1.807, 2.05) is 78.9 Å². The third kappa shape index (κ3) is 7.44. The second-order valence-electron chi connectivity index (χ2n) is 10.9. The SMILES string of the molecule is C=Cc1ccc(C[C@@H](C=O)N2C(=O)CN(N(CC#N)C(=O)NCc3ccccc3)[C@H]2CNCc2cccc3ccccc23)cc1. The number of hydrogen-bond acceptors (Lipinski definition) is 6. The lowest BCUT2D eigenvalue weighted by Crippen LogP contribution is -2.58. The summed E-state index contributed by atoms with van der Waals surface area (Å²) in [5.41, 5.74) is 3.83. The molecule has 0 aromatic heterocycles. The monoisotopic (exact) mass is 600 g/mol. The number of nitriles is 1. The van der Waals surface area contributed by atoms with Crippen molar-refractivity contribution >= 4 is 35.1 Å². The second-order valence-corrected chi connectivity index (χ2v) is 10.9. The smallest absolute Gasteiger partial charge is 0.333 e. The average Bonchev–Trinajstić information content (AvgIpc) is 3.40. The summed E-state index contributed by atoms with van der Waals surface area (Å²) in [4.78, 5) is 41.2. The number of nitrogens with zero attached hydrogens (tertiary/aromatic N) is 4. The van der Waals surface area contributed by atoms with Gasteiger partial charge in [0.1, 0.15) is 19.0 Å². The predicted molar refractivity (Wildman–Crippen MR) is 174 cm³/mol. The highest BCUT2D eigenvalue weighted by atomic mass is 16.2. The van der Waals surface area contributed by atoms with Crippen LogP contribution in [0.15, 0.2) is 104 Å². The number of fused-ring (bicyclic) bond motifs is 1. The van der Waals surface area contributed by atoms with Crippen molar-refractivity contribution in [1.29, 1.82) is 5.26 Å². The molecule has 2 N–H and O–H groups in total. The van der Waals surface area contributed by atoms with Crippen LogP contribution in [0.25, 0.3) is 16.8 Å². The van der Waals surface area contributed by atoms with Gasteiger partial charge in [0, 0.05) is 19.6 Å². The van der Waals surface area contributed by atoms with Gasteiger partial charge in [-0.3, -0.25) is 4.79 Å². The Labute approximate surface area is 263 Å². The highest BCUT2D eigenvalue weighted by Crippen LogP contribution is 2.24. The summed E-state index contributed by atoms with van der Waals surface area (Å²) in [5, 5.41) is 21.1. The van der Waals surface area contributed by atoms with Gasteiger partial charge >= 0.3 is 6.03 Å². The number of carbonyl (C=O) groups is 3. The molecule has 1 heterocycles. The van der Waals surface area contributed by atoms with Crippen molar-refractivity contribution < 1.29 is 14.4 Å². The lowest BCUT2D eigenvalue weighted by atomic mass is 10.0. The normalized spacial score (nSPS) is 15.4. The number of hydrazine groups is 1. The molecule has 4 aromatic carbocycles. The maximum absolute atomic E-state index is 13.6. The summed E-state index contributed by atoms with van der Waals surface area (Å²) in [6, 6.07) is 32.1. The zero-order valence-corrected chi connectivity index (χ0v) is 25.0. The van der Waals surface area contributed by atoms with E-state index in [0.29, 0.717) is 13.0 Å². The van der Waals surface area contributed by atoms with Crippen molar-refractivity contribution in [1.82, 2.24) is 25.6 Å². The molecule has 0 radical (unpaired) electrons. The van der Waals surface area contributed by atoms with E-state index in [9.17, 15) is 19.6 Å². The van der Waals surface area contributed by atoms with Crippen LogP contribution in [0.2, 0.25) is 0 Å². The van der Waals surface area contributed by atoms with E-state index in [4.69, 9.17) is 0 Å². The predicted octanol–water partition coefficient (Wildman–Crippen LogP) is 4.50. The molecule has 1 aliphatic heterocycles. The summed E-state index contributed by atoms with van der Waals surface area (Å²) >= 11 is 0. The lowest BCUT2D eigenvalue weighted by molar-refractivity contribution is -0.134. The van der Waals surface area contributed by atoms with Crippen LogP contribution in [0.5, 0.6) is 0 Å².